The Hall–Kier alpha value is -3.05. The van der Waals surface area contributed by atoms with Crippen molar-refractivity contribution >= 4 is 17.2 Å². The van der Waals surface area contributed by atoms with E-state index in [2.05, 4.69) is 52.0 Å². The Morgan fingerprint density at radius 1 is 1.00 bits per heavy atom. The second-order valence-corrected chi connectivity index (χ2v) is 7.85. The number of benzene rings is 2. The van der Waals surface area contributed by atoms with Gasteiger partial charge in [0.25, 0.3) is 0 Å². The van der Waals surface area contributed by atoms with Crippen LogP contribution in [0.5, 0.6) is 0 Å². The highest BCUT2D eigenvalue weighted by Crippen LogP contribution is 2.27. The number of hydrogen-bond acceptors (Lipinski definition) is 4. The molecule has 0 bridgehead atoms. The summed E-state index contributed by atoms with van der Waals surface area (Å²) in [5, 5.41) is 3.37. The number of para-hydroxylation sites is 2. The number of hydrogen-bond donors (Lipinski definition) is 1. The van der Waals surface area contributed by atoms with E-state index in [9.17, 15) is 4.79 Å². The number of carbonyl (C=O) groups excluding carboxylic acids is 1. The van der Waals surface area contributed by atoms with Gasteiger partial charge in [-0.3, -0.25) is 4.79 Å². The van der Waals surface area contributed by atoms with E-state index in [0.717, 1.165) is 60.3 Å². The fraction of sp³-hybridized carbons (Fsp3) is 0.320. The molecular weight excluding hydrogens is 374 g/mol. The molecule has 1 aliphatic heterocycles. The lowest BCUT2D eigenvalue weighted by atomic mass is 10.1. The van der Waals surface area contributed by atoms with Gasteiger partial charge < -0.3 is 19.5 Å². The molecule has 5 nitrogen and oxygen atoms in total. The smallest absolute Gasteiger partial charge is 0.183 e. The molecule has 1 saturated heterocycles. The molecule has 1 fully saturated rings. The zero-order chi connectivity index (χ0) is 21.1. The zero-order valence-electron chi connectivity index (χ0n) is 17.9. The molecular formula is C25H29N3O2. The largest absolute Gasteiger partial charge is 0.378 e. The number of anilines is 2. The summed E-state index contributed by atoms with van der Waals surface area (Å²) in [7, 11) is 0. The lowest BCUT2D eigenvalue weighted by Gasteiger charge is -2.30. The molecule has 0 unspecified atom stereocenters. The van der Waals surface area contributed by atoms with Gasteiger partial charge in [-0.05, 0) is 51.1 Å². The van der Waals surface area contributed by atoms with Crippen LogP contribution in [0.25, 0.3) is 5.69 Å². The third kappa shape index (κ3) is 4.12. The molecule has 2 heterocycles. The maximum Gasteiger partial charge on any atom is 0.183 e. The quantitative estimate of drug-likeness (QED) is 0.614. The Labute approximate surface area is 178 Å². The number of ketones is 1. The summed E-state index contributed by atoms with van der Waals surface area (Å²) in [6.07, 6.45) is 0. The molecule has 1 aromatic heterocycles. The van der Waals surface area contributed by atoms with Gasteiger partial charge in [0.1, 0.15) is 0 Å². The summed E-state index contributed by atoms with van der Waals surface area (Å²) in [5.74, 6) is 0.0956. The van der Waals surface area contributed by atoms with Crippen LogP contribution in [-0.4, -0.2) is 43.2 Å². The highest BCUT2D eigenvalue weighted by atomic mass is 16.5. The minimum Gasteiger partial charge on any atom is -0.378 e. The highest BCUT2D eigenvalue weighted by molar-refractivity contribution is 6.00. The van der Waals surface area contributed by atoms with Crippen LogP contribution in [0.4, 0.5) is 11.4 Å². The minimum absolute atomic E-state index is 0.0956. The summed E-state index contributed by atoms with van der Waals surface area (Å²) >= 11 is 0. The molecule has 30 heavy (non-hydrogen) atoms. The molecule has 5 heteroatoms. The zero-order valence-corrected chi connectivity index (χ0v) is 17.9. The van der Waals surface area contributed by atoms with Crippen LogP contribution in [0.1, 0.15) is 27.3 Å². The standard InChI is InChI=1S/C25H29N3O2/c1-18-8-10-21(11-9-18)28-19(2)16-22(20(28)3)25(29)17-26-23-6-4-5-7-24(23)27-12-14-30-15-13-27/h4-11,16,26H,12-15,17H2,1-3H3. The van der Waals surface area contributed by atoms with E-state index in [1.807, 2.05) is 38.1 Å². The van der Waals surface area contributed by atoms with E-state index in [1.165, 1.54) is 5.56 Å². The summed E-state index contributed by atoms with van der Waals surface area (Å²) in [6, 6.07) is 18.6. The predicted molar refractivity (Wildman–Crippen MR) is 122 cm³/mol. The molecule has 0 aliphatic carbocycles. The Bertz CT molecular complexity index is 1030. The summed E-state index contributed by atoms with van der Waals surface area (Å²) in [6.45, 7) is 9.60. The lowest BCUT2D eigenvalue weighted by molar-refractivity contribution is 0.101. The van der Waals surface area contributed by atoms with Gasteiger partial charge in [-0.15, -0.1) is 0 Å². The molecule has 3 aromatic rings. The Morgan fingerprint density at radius 3 is 2.43 bits per heavy atom. The SMILES string of the molecule is Cc1ccc(-n2c(C)cc(C(=O)CNc3ccccc3N3CCOCC3)c2C)cc1. The van der Waals surface area contributed by atoms with Gasteiger partial charge in [0.2, 0.25) is 0 Å². The van der Waals surface area contributed by atoms with Crippen molar-refractivity contribution < 1.29 is 9.53 Å². The van der Waals surface area contributed by atoms with Crippen LogP contribution in [0.15, 0.2) is 54.6 Å². The molecule has 1 aliphatic rings. The molecule has 4 rings (SSSR count). The third-order valence-corrected chi connectivity index (χ3v) is 5.72. The second kappa shape index (κ2) is 8.76. The number of Topliss-reactive ketones (excluding diaryl/α,β-unsaturated/α-hetero) is 1. The first-order chi connectivity index (χ1) is 14.5. The predicted octanol–water partition coefficient (Wildman–Crippen LogP) is 4.53. The maximum absolute atomic E-state index is 13.1. The highest BCUT2D eigenvalue weighted by Gasteiger charge is 2.18. The van der Waals surface area contributed by atoms with Crippen molar-refractivity contribution in [2.45, 2.75) is 20.8 Å². The van der Waals surface area contributed by atoms with Crippen molar-refractivity contribution in [3.05, 3.63) is 77.1 Å². The first-order valence-electron chi connectivity index (χ1n) is 10.5. The molecule has 0 amide bonds. The van der Waals surface area contributed by atoms with Gasteiger partial charge in [-0.25, -0.2) is 0 Å². The fourth-order valence-electron chi connectivity index (χ4n) is 4.11. The fourth-order valence-corrected chi connectivity index (χ4v) is 4.11. The van der Waals surface area contributed by atoms with E-state index < -0.39 is 0 Å². The van der Waals surface area contributed by atoms with E-state index in [1.54, 1.807) is 0 Å². The Balaban J connectivity index is 1.52. The van der Waals surface area contributed by atoms with Gasteiger partial charge in [0, 0.05) is 35.7 Å². The minimum atomic E-state index is 0.0956. The van der Waals surface area contributed by atoms with Crippen LogP contribution in [0.3, 0.4) is 0 Å². The van der Waals surface area contributed by atoms with Crippen LogP contribution >= 0.6 is 0 Å². The number of rotatable bonds is 6. The molecule has 0 radical (unpaired) electrons. The summed E-state index contributed by atoms with van der Waals surface area (Å²) in [5.41, 5.74) is 7.22. The molecule has 0 spiro atoms. The van der Waals surface area contributed by atoms with Gasteiger partial charge >= 0.3 is 0 Å². The van der Waals surface area contributed by atoms with Crippen molar-refractivity contribution in [3.8, 4) is 5.69 Å². The molecule has 156 valence electrons. The number of nitrogens with one attached hydrogen (secondary N) is 1. The first kappa shape index (κ1) is 20.2. The van der Waals surface area contributed by atoms with Crippen molar-refractivity contribution in [3.63, 3.8) is 0 Å². The van der Waals surface area contributed by atoms with Crippen molar-refractivity contribution in [2.75, 3.05) is 43.1 Å². The number of ether oxygens (including phenoxy) is 1. The maximum atomic E-state index is 13.1. The summed E-state index contributed by atoms with van der Waals surface area (Å²) in [4.78, 5) is 15.4. The number of morpholine rings is 1. The number of aryl methyl sites for hydroxylation is 2. The van der Waals surface area contributed by atoms with Crippen LogP contribution < -0.4 is 10.2 Å². The second-order valence-electron chi connectivity index (χ2n) is 7.85. The summed E-state index contributed by atoms with van der Waals surface area (Å²) < 4.78 is 7.62. The van der Waals surface area contributed by atoms with Crippen LogP contribution in [0, 0.1) is 20.8 Å². The number of nitrogens with zero attached hydrogens (tertiary/aromatic N) is 2. The number of aromatic nitrogens is 1. The van der Waals surface area contributed by atoms with Gasteiger partial charge in [0.15, 0.2) is 5.78 Å². The Kier molecular flexibility index (Phi) is 5.91. The van der Waals surface area contributed by atoms with Gasteiger partial charge in [-0.2, -0.15) is 0 Å². The normalized spacial score (nSPS) is 14.0. The first-order valence-corrected chi connectivity index (χ1v) is 10.5. The topological polar surface area (TPSA) is 46.5 Å². The van der Waals surface area contributed by atoms with Gasteiger partial charge in [-0.1, -0.05) is 29.8 Å². The van der Waals surface area contributed by atoms with Crippen LogP contribution in [0.2, 0.25) is 0 Å². The average molecular weight is 404 g/mol. The van der Waals surface area contributed by atoms with Gasteiger partial charge in [0.05, 0.1) is 31.1 Å². The van der Waals surface area contributed by atoms with Crippen molar-refractivity contribution in [2.24, 2.45) is 0 Å². The molecule has 0 saturated carbocycles. The van der Waals surface area contributed by atoms with E-state index in [4.69, 9.17) is 4.74 Å². The van der Waals surface area contributed by atoms with Crippen molar-refractivity contribution in [1.29, 1.82) is 0 Å². The van der Waals surface area contributed by atoms with E-state index >= 15 is 0 Å². The average Bonchev–Trinajstić information content (AvgIpc) is 3.07. The van der Waals surface area contributed by atoms with Crippen molar-refractivity contribution in [1.82, 2.24) is 4.57 Å². The number of carbonyl (C=O) groups is 1. The van der Waals surface area contributed by atoms with Crippen LogP contribution in [-0.2, 0) is 4.74 Å². The molecule has 1 N–H and O–H groups in total. The third-order valence-electron chi connectivity index (χ3n) is 5.72. The van der Waals surface area contributed by atoms with E-state index in [0.29, 0.717) is 0 Å². The molecule has 2 aromatic carbocycles. The molecule has 0 atom stereocenters. The van der Waals surface area contributed by atoms with E-state index in [-0.39, 0.29) is 12.3 Å². The lowest BCUT2D eigenvalue weighted by Crippen LogP contribution is -2.36. The monoisotopic (exact) mass is 403 g/mol. The Morgan fingerprint density at radius 2 is 1.70 bits per heavy atom.